The Balaban J connectivity index is 2.13. The number of aryl methyl sites for hydroxylation is 2. The van der Waals surface area contributed by atoms with Crippen molar-refractivity contribution in [3.05, 3.63) is 17.0 Å². The molecule has 1 heterocycles. The molecule has 1 atom stereocenters. The Hall–Kier alpha value is -1.85. The fourth-order valence-electron chi connectivity index (χ4n) is 3.43. The van der Waals surface area contributed by atoms with E-state index in [-0.39, 0.29) is 24.3 Å². The van der Waals surface area contributed by atoms with E-state index in [1.54, 1.807) is 6.92 Å². The number of hydrogen-bond donors (Lipinski definition) is 2. The monoisotopic (exact) mass is 321 g/mol. The largest absolute Gasteiger partial charge is 0.370 e. The zero-order valence-electron chi connectivity index (χ0n) is 14.1. The maximum Gasteiger partial charge on any atom is 0.257 e. The first-order valence-corrected chi connectivity index (χ1v) is 8.57. The third-order valence-corrected chi connectivity index (χ3v) is 4.59. The van der Waals surface area contributed by atoms with E-state index in [0.29, 0.717) is 29.4 Å². The van der Waals surface area contributed by atoms with Crippen molar-refractivity contribution in [2.45, 2.75) is 71.3 Å². The van der Waals surface area contributed by atoms with Crippen molar-refractivity contribution < 1.29 is 14.1 Å². The average molecular weight is 321 g/mol. The number of amides is 2. The molecule has 2 amide bonds. The molecule has 6 heteroatoms. The van der Waals surface area contributed by atoms with Gasteiger partial charge in [-0.25, -0.2) is 0 Å². The molecule has 128 valence electrons. The van der Waals surface area contributed by atoms with Crippen molar-refractivity contribution in [3.63, 3.8) is 0 Å². The minimum atomic E-state index is -0.378. The highest BCUT2D eigenvalue weighted by Crippen LogP contribution is 2.28. The molecule has 1 saturated carbocycles. The van der Waals surface area contributed by atoms with Crippen LogP contribution in [0.1, 0.15) is 73.7 Å². The molecule has 0 aliphatic heterocycles. The second-order valence-electron chi connectivity index (χ2n) is 6.46. The molecular weight excluding hydrogens is 294 g/mol. The lowest BCUT2D eigenvalue weighted by atomic mass is 9.82. The number of nitrogens with two attached hydrogens (primary N) is 1. The summed E-state index contributed by atoms with van der Waals surface area (Å²) in [6, 6.07) is -0.205. The van der Waals surface area contributed by atoms with E-state index in [9.17, 15) is 9.59 Å². The number of rotatable bonds is 7. The van der Waals surface area contributed by atoms with Crippen molar-refractivity contribution >= 4 is 11.8 Å². The minimum Gasteiger partial charge on any atom is -0.370 e. The number of nitrogens with one attached hydrogen (secondary N) is 1. The quantitative estimate of drug-likeness (QED) is 0.806. The molecule has 0 radical (unpaired) electrons. The van der Waals surface area contributed by atoms with E-state index < -0.39 is 0 Å². The van der Waals surface area contributed by atoms with Gasteiger partial charge in [0, 0.05) is 18.9 Å². The van der Waals surface area contributed by atoms with Crippen LogP contribution >= 0.6 is 0 Å². The summed E-state index contributed by atoms with van der Waals surface area (Å²) in [4.78, 5) is 24.1. The lowest BCUT2D eigenvalue weighted by molar-refractivity contribution is -0.118. The van der Waals surface area contributed by atoms with Crippen LogP contribution in [-0.2, 0) is 11.2 Å². The van der Waals surface area contributed by atoms with Crippen LogP contribution in [-0.4, -0.2) is 23.0 Å². The molecule has 1 aliphatic carbocycles. The van der Waals surface area contributed by atoms with E-state index in [2.05, 4.69) is 10.5 Å². The van der Waals surface area contributed by atoms with Crippen molar-refractivity contribution in [1.29, 1.82) is 0 Å². The highest BCUT2D eigenvalue weighted by molar-refractivity contribution is 5.96. The maximum atomic E-state index is 12.7. The van der Waals surface area contributed by atoms with Gasteiger partial charge in [-0.1, -0.05) is 31.3 Å². The van der Waals surface area contributed by atoms with Gasteiger partial charge in [-0.3, -0.25) is 9.59 Å². The summed E-state index contributed by atoms with van der Waals surface area (Å²) in [5.41, 5.74) is 6.48. The van der Waals surface area contributed by atoms with Gasteiger partial charge < -0.3 is 15.6 Å². The zero-order valence-corrected chi connectivity index (χ0v) is 14.1. The van der Waals surface area contributed by atoms with Gasteiger partial charge in [-0.15, -0.1) is 0 Å². The molecule has 0 unspecified atom stereocenters. The van der Waals surface area contributed by atoms with Crippen molar-refractivity contribution in [2.24, 2.45) is 11.7 Å². The van der Waals surface area contributed by atoms with Gasteiger partial charge in [0.05, 0.1) is 5.69 Å². The fourth-order valence-corrected chi connectivity index (χ4v) is 3.43. The first kappa shape index (κ1) is 17.5. The molecule has 6 nitrogen and oxygen atoms in total. The molecule has 1 aliphatic rings. The number of nitrogens with zero attached hydrogens (tertiary/aromatic N) is 1. The van der Waals surface area contributed by atoms with Crippen LogP contribution in [0, 0.1) is 12.8 Å². The van der Waals surface area contributed by atoms with E-state index >= 15 is 0 Å². The second kappa shape index (κ2) is 8.13. The summed E-state index contributed by atoms with van der Waals surface area (Å²) < 4.78 is 5.26. The number of aromatic nitrogens is 1. The van der Waals surface area contributed by atoms with Gasteiger partial charge in [0.25, 0.3) is 5.91 Å². The molecule has 0 aromatic carbocycles. The first-order valence-electron chi connectivity index (χ1n) is 8.57. The normalized spacial score (nSPS) is 17.0. The van der Waals surface area contributed by atoms with Crippen molar-refractivity contribution in [2.75, 3.05) is 0 Å². The predicted octanol–water partition coefficient (Wildman–Crippen LogP) is 2.49. The third kappa shape index (κ3) is 4.56. The molecule has 0 bridgehead atoms. The maximum absolute atomic E-state index is 12.7. The van der Waals surface area contributed by atoms with Crippen LogP contribution < -0.4 is 11.1 Å². The van der Waals surface area contributed by atoms with Crippen LogP contribution in [0.3, 0.4) is 0 Å². The Kier molecular flexibility index (Phi) is 6.19. The summed E-state index contributed by atoms with van der Waals surface area (Å²) >= 11 is 0. The van der Waals surface area contributed by atoms with E-state index in [1.807, 2.05) is 6.92 Å². The Morgan fingerprint density at radius 2 is 2.04 bits per heavy atom. The topological polar surface area (TPSA) is 98.2 Å². The molecular formula is C17H27N3O3. The Morgan fingerprint density at radius 3 is 2.65 bits per heavy atom. The lowest BCUT2D eigenvalue weighted by Gasteiger charge is -2.30. The SMILES string of the molecule is CCCc1onc(C)c1C(=O)N[C@H](CC(N)=O)C1CCCCC1. The highest BCUT2D eigenvalue weighted by Gasteiger charge is 2.29. The Bertz CT molecular complexity index is 547. The highest BCUT2D eigenvalue weighted by atomic mass is 16.5. The first-order chi connectivity index (χ1) is 11.0. The molecule has 1 fully saturated rings. The van der Waals surface area contributed by atoms with E-state index in [0.717, 1.165) is 32.1 Å². The molecule has 1 aromatic heterocycles. The van der Waals surface area contributed by atoms with Crippen molar-refractivity contribution in [1.82, 2.24) is 10.5 Å². The molecule has 0 spiro atoms. The molecule has 3 N–H and O–H groups in total. The van der Waals surface area contributed by atoms with Crippen LogP contribution in [0.2, 0.25) is 0 Å². The minimum absolute atomic E-state index is 0.184. The van der Waals surface area contributed by atoms with Crippen LogP contribution in [0.4, 0.5) is 0 Å². The van der Waals surface area contributed by atoms with Gasteiger partial charge in [-0.05, 0) is 32.1 Å². The Labute approximate surface area is 137 Å². The van der Waals surface area contributed by atoms with Crippen LogP contribution in [0.5, 0.6) is 0 Å². The fraction of sp³-hybridized carbons (Fsp3) is 0.706. The van der Waals surface area contributed by atoms with Crippen molar-refractivity contribution in [3.8, 4) is 0 Å². The van der Waals surface area contributed by atoms with Gasteiger partial charge >= 0.3 is 0 Å². The molecule has 0 saturated heterocycles. The lowest BCUT2D eigenvalue weighted by Crippen LogP contribution is -2.43. The van der Waals surface area contributed by atoms with E-state index in [1.165, 1.54) is 6.42 Å². The molecule has 23 heavy (non-hydrogen) atoms. The van der Waals surface area contributed by atoms with Gasteiger partial charge in [0.1, 0.15) is 11.3 Å². The average Bonchev–Trinajstić information content (AvgIpc) is 2.88. The van der Waals surface area contributed by atoms with E-state index in [4.69, 9.17) is 10.3 Å². The number of primary amides is 1. The second-order valence-corrected chi connectivity index (χ2v) is 6.46. The number of hydrogen-bond acceptors (Lipinski definition) is 4. The summed E-state index contributed by atoms with van der Waals surface area (Å²) in [7, 11) is 0. The molecule has 1 aromatic rings. The number of carbonyl (C=O) groups is 2. The molecule has 2 rings (SSSR count). The van der Waals surface area contributed by atoms with Gasteiger partial charge in [0.2, 0.25) is 5.91 Å². The van der Waals surface area contributed by atoms with Gasteiger partial charge in [0.15, 0.2) is 0 Å². The third-order valence-electron chi connectivity index (χ3n) is 4.59. The Morgan fingerprint density at radius 1 is 1.35 bits per heavy atom. The standard InChI is InChI=1S/C17H27N3O3/c1-3-7-14-16(11(2)20-23-14)17(22)19-13(10-15(18)21)12-8-5-4-6-9-12/h12-13H,3-10H2,1-2H3,(H2,18,21)(H,19,22)/t13-/m1/s1. The number of carbonyl (C=O) groups excluding carboxylic acids is 2. The summed E-state index contributed by atoms with van der Waals surface area (Å²) in [6.07, 6.45) is 7.30. The predicted molar refractivity (Wildman–Crippen MR) is 86.9 cm³/mol. The smallest absolute Gasteiger partial charge is 0.257 e. The zero-order chi connectivity index (χ0) is 16.8. The summed E-state index contributed by atoms with van der Waals surface area (Å²) in [5.74, 6) is 0.347. The van der Waals surface area contributed by atoms with Gasteiger partial charge in [-0.2, -0.15) is 0 Å². The van der Waals surface area contributed by atoms with Crippen LogP contribution in [0.25, 0.3) is 0 Å². The summed E-state index contributed by atoms with van der Waals surface area (Å²) in [6.45, 7) is 3.79. The van der Waals surface area contributed by atoms with Crippen LogP contribution in [0.15, 0.2) is 4.52 Å². The summed E-state index contributed by atoms with van der Waals surface area (Å²) in [5, 5.41) is 6.93.